The predicted octanol–water partition coefficient (Wildman–Crippen LogP) is 1.95. The molecule has 1 fully saturated rings. The molecule has 8 heteroatoms. The zero-order chi connectivity index (χ0) is 16.8. The van der Waals surface area contributed by atoms with Crippen molar-refractivity contribution in [3.05, 3.63) is 47.9 Å². The molecule has 1 aromatic carbocycles. The topological polar surface area (TPSA) is 67.1 Å². The molecule has 0 aliphatic carbocycles. The highest BCUT2D eigenvalue weighted by molar-refractivity contribution is 5.87. The number of fused-ring (bicyclic) bond motifs is 1. The second-order valence-corrected chi connectivity index (χ2v) is 5.93. The molecule has 2 unspecified atom stereocenters. The van der Waals surface area contributed by atoms with Gasteiger partial charge in [-0.15, -0.1) is 0 Å². The normalized spacial score (nSPS) is 20.9. The molecule has 124 valence electrons. The minimum Gasteiger partial charge on any atom is -0.391 e. The molecular formula is C16H15F2N5O. The highest BCUT2D eigenvalue weighted by Gasteiger charge is 2.34. The van der Waals surface area contributed by atoms with E-state index in [0.29, 0.717) is 30.0 Å². The van der Waals surface area contributed by atoms with Gasteiger partial charge in [0, 0.05) is 13.6 Å². The van der Waals surface area contributed by atoms with E-state index in [0.717, 1.165) is 11.5 Å². The van der Waals surface area contributed by atoms with Crippen molar-refractivity contribution >= 4 is 16.9 Å². The van der Waals surface area contributed by atoms with Gasteiger partial charge in [-0.3, -0.25) is 4.68 Å². The molecule has 1 saturated heterocycles. The van der Waals surface area contributed by atoms with Gasteiger partial charge in [0.25, 0.3) is 0 Å². The zero-order valence-corrected chi connectivity index (χ0v) is 12.9. The summed E-state index contributed by atoms with van der Waals surface area (Å²) >= 11 is 0. The van der Waals surface area contributed by atoms with E-state index in [1.54, 1.807) is 17.9 Å². The molecule has 1 N–H and O–H groups in total. The summed E-state index contributed by atoms with van der Waals surface area (Å²) in [5.41, 5.74) is 1.27. The monoisotopic (exact) mass is 331 g/mol. The molecule has 0 saturated carbocycles. The Bertz CT molecular complexity index is 913. The number of nitrogens with zero attached hydrogens (tertiary/aromatic N) is 5. The zero-order valence-electron chi connectivity index (χ0n) is 12.9. The molecule has 2 atom stereocenters. The van der Waals surface area contributed by atoms with Crippen molar-refractivity contribution in [3.8, 4) is 0 Å². The van der Waals surface area contributed by atoms with Crippen LogP contribution in [0.15, 0.2) is 30.7 Å². The molecule has 24 heavy (non-hydrogen) atoms. The van der Waals surface area contributed by atoms with Gasteiger partial charge in [0.15, 0.2) is 17.3 Å². The fourth-order valence-corrected chi connectivity index (χ4v) is 3.26. The number of anilines is 1. The van der Waals surface area contributed by atoms with Crippen LogP contribution in [-0.2, 0) is 7.05 Å². The SMILES string of the molecule is Cn1ncc2c(N3CC(O)CC3c3ccc(F)c(F)c3)ncnc21. The number of rotatable bonds is 2. The van der Waals surface area contributed by atoms with Gasteiger partial charge in [0.1, 0.15) is 12.1 Å². The van der Waals surface area contributed by atoms with Gasteiger partial charge in [-0.1, -0.05) is 6.07 Å². The molecule has 1 aliphatic rings. The smallest absolute Gasteiger partial charge is 0.163 e. The summed E-state index contributed by atoms with van der Waals surface area (Å²) in [5, 5.41) is 15.1. The van der Waals surface area contributed by atoms with Gasteiger partial charge in [0.05, 0.1) is 23.7 Å². The van der Waals surface area contributed by atoms with Crippen molar-refractivity contribution in [2.24, 2.45) is 7.05 Å². The third kappa shape index (κ3) is 2.30. The maximum atomic E-state index is 13.6. The lowest BCUT2D eigenvalue weighted by Gasteiger charge is -2.26. The number of benzene rings is 1. The Labute approximate surface area is 136 Å². The molecule has 6 nitrogen and oxygen atoms in total. The van der Waals surface area contributed by atoms with Crippen LogP contribution in [0.25, 0.3) is 11.0 Å². The first-order valence-corrected chi connectivity index (χ1v) is 7.57. The minimum atomic E-state index is -0.900. The second-order valence-electron chi connectivity index (χ2n) is 5.93. The van der Waals surface area contributed by atoms with Crippen LogP contribution < -0.4 is 4.90 Å². The van der Waals surface area contributed by atoms with Crippen molar-refractivity contribution in [2.75, 3.05) is 11.4 Å². The number of aryl methyl sites for hydroxylation is 1. The van der Waals surface area contributed by atoms with Gasteiger partial charge in [-0.25, -0.2) is 18.7 Å². The molecule has 0 amide bonds. The van der Waals surface area contributed by atoms with Crippen LogP contribution in [0.2, 0.25) is 0 Å². The van der Waals surface area contributed by atoms with Gasteiger partial charge < -0.3 is 10.0 Å². The highest BCUT2D eigenvalue weighted by Crippen LogP contribution is 2.38. The number of β-amino-alcohol motifs (C(OH)–C–C–N with tert-alkyl or cyclic N) is 1. The Morgan fingerprint density at radius 2 is 2.04 bits per heavy atom. The predicted molar refractivity (Wildman–Crippen MR) is 83.4 cm³/mol. The van der Waals surface area contributed by atoms with Crippen molar-refractivity contribution in [3.63, 3.8) is 0 Å². The largest absolute Gasteiger partial charge is 0.391 e. The highest BCUT2D eigenvalue weighted by atomic mass is 19.2. The Hall–Kier alpha value is -2.61. The number of halogens is 2. The van der Waals surface area contributed by atoms with Gasteiger partial charge in [-0.2, -0.15) is 5.10 Å². The number of hydrogen-bond donors (Lipinski definition) is 1. The minimum absolute atomic E-state index is 0.298. The molecule has 2 aromatic heterocycles. The van der Waals surface area contributed by atoms with Crippen LogP contribution in [0.5, 0.6) is 0 Å². The average Bonchev–Trinajstić information content (AvgIpc) is 3.14. The molecule has 1 aliphatic heterocycles. The van der Waals surface area contributed by atoms with Gasteiger partial charge >= 0.3 is 0 Å². The molecule has 0 spiro atoms. The molecule has 3 aromatic rings. The van der Waals surface area contributed by atoms with E-state index in [4.69, 9.17) is 0 Å². The van der Waals surface area contributed by atoms with E-state index in [-0.39, 0.29) is 6.04 Å². The van der Waals surface area contributed by atoms with Crippen LogP contribution in [0, 0.1) is 11.6 Å². The van der Waals surface area contributed by atoms with Crippen LogP contribution in [0.1, 0.15) is 18.0 Å². The fourth-order valence-electron chi connectivity index (χ4n) is 3.26. The lowest BCUT2D eigenvalue weighted by Crippen LogP contribution is -2.25. The summed E-state index contributed by atoms with van der Waals surface area (Å²) in [6.07, 6.45) is 2.94. The molecule has 0 radical (unpaired) electrons. The summed E-state index contributed by atoms with van der Waals surface area (Å²) < 4.78 is 28.5. The van der Waals surface area contributed by atoms with Crippen LogP contribution in [0.4, 0.5) is 14.6 Å². The van der Waals surface area contributed by atoms with Crippen molar-refractivity contribution in [1.29, 1.82) is 0 Å². The lowest BCUT2D eigenvalue weighted by molar-refractivity contribution is 0.194. The first kappa shape index (κ1) is 14.9. The third-order valence-electron chi connectivity index (χ3n) is 4.39. The fraction of sp³-hybridized carbons (Fsp3) is 0.312. The first-order chi connectivity index (χ1) is 11.5. The Morgan fingerprint density at radius 1 is 1.21 bits per heavy atom. The van der Waals surface area contributed by atoms with E-state index in [1.165, 1.54) is 18.5 Å². The Balaban J connectivity index is 1.81. The van der Waals surface area contributed by atoms with Crippen LogP contribution >= 0.6 is 0 Å². The summed E-state index contributed by atoms with van der Waals surface area (Å²) in [5.74, 6) is -1.16. The maximum Gasteiger partial charge on any atom is 0.163 e. The van der Waals surface area contributed by atoms with Crippen molar-refractivity contribution in [2.45, 2.75) is 18.6 Å². The molecular weight excluding hydrogens is 316 g/mol. The number of aliphatic hydroxyl groups is 1. The van der Waals surface area contributed by atoms with Crippen LogP contribution in [0.3, 0.4) is 0 Å². The van der Waals surface area contributed by atoms with E-state index < -0.39 is 17.7 Å². The van der Waals surface area contributed by atoms with Crippen LogP contribution in [-0.4, -0.2) is 37.5 Å². The van der Waals surface area contributed by atoms with Crippen molar-refractivity contribution < 1.29 is 13.9 Å². The number of aromatic nitrogens is 4. The van der Waals surface area contributed by atoms with E-state index in [1.807, 2.05) is 4.90 Å². The standard InChI is InChI=1S/C16H15F2N5O/c1-22-15-11(6-21-22)16(20-8-19-15)23-7-10(24)5-14(23)9-2-3-12(17)13(18)4-9/h2-4,6,8,10,14,24H,5,7H2,1H3. The van der Waals surface area contributed by atoms with Crippen molar-refractivity contribution in [1.82, 2.24) is 19.7 Å². The summed E-state index contributed by atoms with van der Waals surface area (Å²) in [4.78, 5) is 10.4. The molecule has 0 bridgehead atoms. The molecule has 3 heterocycles. The quantitative estimate of drug-likeness (QED) is 0.777. The molecule has 4 rings (SSSR count). The van der Waals surface area contributed by atoms with E-state index in [2.05, 4.69) is 15.1 Å². The lowest BCUT2D eigenvalue weighted by atomic mass is 10.0. The third-order valence-corrected chi connectivity index (χ3v) is 4.39. The first-order valence-electron chi connectivity index (χ1n) is 7.57. The second kappa shape index (κ2) is 5.48. The van der Waals surface area contributed by atoms with E-state index >= 15 is 0 Å². The summed E-state index contributed by atoms with van der Waals surface area (Å²) in [6.45, 7) is 0.352. The van der Waals surface area contributed by atoms with Gasteiger partial charge in [-0.05, 0) is 24.1 Å². The van der Waals surface area contributed by atoms with E-state index in [9.17, 15) is 13.9 Å². The summed E-state index contributed by atoms with van der Waals surface area (Å²) in [7, 11) is 1.78. The average molecular weight is 331 g/mol. The number of aliphatic hydroxyl groups excluding tert-OH is 1. The Kier molecular flexibility index (Phi) is 3.42. The number of hydrogen-bond acceptors (Lipinski definition) is 5. The summed E-state index contributed by atoms with van der Waals surface area (Å²) in [6, 6.07) is 3.52. The maximum absolute atomic E-state index is 13.6. The Morgan fingerprint density at radius 3 is 2.83 bits per heavy atom. The van der Waals surface area contributed by atoms with Gasteiger partial charge in [0.2, 0.25) is 0 Å².